The SMILES string of the molecule is COc1c(C2CC(CN)CN2C)cc2c(c1Br)CCC2. The third-order valence-electron chi connectivity index (χ3n) is 4.85. The molecule has 1 saturated heterocycles. The smallest absolute Gasteiger partial charge is 0.138 e. The quantitative estimate of drug-likeness (QED) is 0.920. The maximum Gasteiger partial charge on any atom is 0.138 e. The fraction of sp³-hybridized carbons (Fsp3) is 0.625. The first-order valence-corrected chi connectivity index (χ1v) is 8.23. The van der Waals surface area contributed by atoms with Crippen LogP contribution in [0.1, 0.15) is 35.6 Å². The van der Waals surface area contributed by atoms with Crippen LogP contribution in [0.5, 0.6) is 5.75 Å². The molecule has 0 saturated carbocycles. The summed E-state index contributed by atoms with van der Waals surface area (Å²) in [5.41, 5.74) is 10.1. The maximum absolute atomic E-state index is 5.86. The third kappa shape index (κ3) is 2.28. The third-order valence-corrected chi connectivity index (χ3v) is 5.69. The van der Waals surface area contributed by atoms with E-state index in [2.05, 4.69) is 33.9 Å². The number of fused-ring (bicyclic) bond motifs is 1. The van der Waals surface area contributed by atoms with E-state index in [-0.39, 0.29) is 0 Å². The minimum Gasteiger partial charge on any atom is -0.495 e. The van der Waals surface area contributed by atoms with E-state index in [0.717, 1.165) is 25.3 Å². The van der Waals surface area contributed by atoms with Gasteiger partial charge in [0, 0.05) is 18.2 Å². The Balaban J connectivity index is 2.03. The van der Waals surface area contributed by atoms with E-state index in [1.54, 1.807) is 7.11 Å². The van der Waals surface area contributed by atoms with E-state index in [1.807, 2.05) is 0 Å². The number of hydrogen-bond acceptors (Lipinski definition) is 3. The van der Waals surface area contributed by atoms with Crippen LogP contribution in [0.4, 0.5) is 0 Å². The Morgan fingerprint density at radius 1 is 1.45 bits per heavy atom. The Bertz CT molecular complexity index is 518. The van der Waals surface area contributed by atoms with Crippen LogP contribution in [0.15, 0.2) is 10.5 Å². The zero-order valence-corrected chi connectivity index (χ0v) is 13.9. The summed E-state index contributed by atoms with van der Waals surface area (Å²) in [5.74, 6) is 1.63. The summed E-state index contributed by atoms with van der Waals surface area (Å²) in [4.78, 5) is 2.42. The number of nitrogens with zero attached hydrogens (tertiary/aromatic N) is 1. The Hall–Kier alpha value is -0.580. The summed E-state index contributed by atoms with van der Waals surface area (Å²) in [5, 5.41) is 0. The molecule has 2 N–H and O–H groups in total. The van der Waals surface area contributed by atoms with E-state index in [9.17, 15) is 0 Å². The van der Waals surface area contributed by atoms with Crippen LogP contribution in [0.2, 0.25) is 0 Å². The van der Waals surface area contributed by atoms with Crippen LogP contribution in [-0.2, 0) is 12.8 Å². The molecule has 0 amide bonds. The van der Waals surface area contributed by atoms with Gasteiger partial charge in [-0.05, 0) is 72.3 Å². The van der Waals surface area contributed by atoms with Crippen LogP contribution in [-0.4, -0.2) is 32.1 Å². The number of halogens is 1. The van der Waals surface area contributed by atoms with Crippen molar-refractivity contribution >= 4 is 15.9 Å². The van der Waals surface area contributed by atoms with Gasteiger partial charge in [-0.1, -0.05) is 6.07 Å². The van der Waals surface area contributed by atoms with Gasteiger partial charge in [-0.2, -0.15) is 0 Å². The summed E-state index contributed by atoms with van der Waals surface area (Å²) in [6, 6.07) is 2.81. The molecule has 2 unspecified atom stereocenters. The van der Waals surface area contributed by atoms with Crippen molar-refractivity contribution in [1.82, 2.24) is 4.90 Å². The lowest BCUT2D eigenvalue weighted by molar-refractivity contribution is 0.302. The van der Waals surface area contributed by atoms with Gasteiger partial charge in [0.2, 0.25) is 0 Å². The molecule has 4 heteroatoms. The minimum absolute atomic E-state index is 0.431. The molecule has 1 fully saturated rings. The molecule has 2 atom stereocenters. The molecule has 1 aliphatic carbocycles. The van der Waals surface area contributed by atoms with Gasteiger partial charge in [-0.3, -0.25) is 4.90 Å². The van der Waals surface area contributed by atoms with Gasteiger partial charge >= 0.3 is 0 Å². The molecule has 0 aromatic heterocycles. The van der Waals surface area contributed by atoms with E-state index >= 15 is 0 Å². The molecule has 20 heavy (non-hydrogen) atoms. The zero-order chi connectivity index (χ0) is 14.3. The molecule has 1 heterocycles. The van der Waals surface area contributed by atoms with Gasteiger partial charge in [0.05, 0.1) is 11.6 Å². The number of likely N-dealkylation sites (tertiary alicyclic amines) is 1. The average molecular weight is 339 g/mol. The molecular weight excluding hydrogens is 316 g/mol. The number of nitrogens with two attached hydrogens (primary N) is 1. The Kier molecular flexibility index (Phi) is 4.07. The number of rotatable bonds is 3. The fourth-order valence-electron chi connectivity index (χ4n) is 3.79. The average Bonchev–Trinajstić information content (AvgIpc) is 3.04. The van der Waals surface area contributed by atoms with Crippen LogP contribution < -0.4 is 10.5 Å². The van der Waals surface area contributed by atoms with Crippen molar-refractivity contribution < 1.29 is 4.74 Å². The molecular formula is C16H23BrN2O. The maximum atomic E-state index is 5.86. The van der Waals surface area contributed by atoms with Gasteiger partial charge in [0.15, 0.2) is 0 Å². The van der Waals surface area contributed by atoms with Crippen molar-refractivity contribution in [2.75, 3.05) is 27.2 Å². The normalized spacial score (nSPS) is 26.0. The summed E-state index contributed by atoms with van der Waals surface area (Å²) in [7, 11) is 3.97. The molecule has 0 spiro atoms. The summed E-state index contributed by atoms with van der Waals surface area (Å²) >= 11 is 3.77. The van der Waals surface area contributed by atoms with Crippen molar-refractivity contribution in [2.24, 2.45) is 11.7 Å². The second kappa shape index (κ2) is 5.66. The standard InChI is InChI=1S/C16H23BrN2O/c1-19-9-10(8-18)6-14(19)13-7-11-4-3-5-12(11)15(17)16(13)20-2/h7,10,14H,3-6,8-9,18H2,1-2H3. The molecule has 1 aromatic carbocycles. The monoisotopic (exact) mass is 338 g/mol. The van der Waals surface area contributed by atoms with Gasteiger partial charge in [-0.25, -0.2) is 0 Å². The van der Waals surface area contributed by atoms with Crippen LogP contribution in [0.3, 0.4) is 0 Å². The first kappa shape index (κ1) is 14.4. The number of methoxy groups -OCH3 is 1. The molecule has 2 aliphatic rings. The Morgan fingerprint density at radius 2 is 2.25 bits per heavy atom. The van der Waals surface area contributed by atoms with E-state index in [0.29, 0.717) is 12.0 Å². The zero-order valence-electron chi connectivity index (χ0n) is 12.3. The predicted octanol–water partition coefficient (Wildman–Crippen LogP) is 2.90. The summed E-state index contributed by atoms with van der Waals surface area (Å²) in [6.45, 7) is 1.86. The van der Waals surface area contributed by atoms with Gasteiger partial charge in [-0.15, -0.1) is 0 Å². The van der Waals surface area contributed by atoms with Crippen molar-refractivity contribution in [3.8, 4) is 5.75 Å². The Morgan fingerprint density at radius 3 is 2.90 bits per heavy atom. The topological polar surface area (TPSA) is 38.5 Å². The highest BCUT2D eigenvalue weighted by Gasteiger charge is 2.33. The second-order valence-corrected chi connectivity index (χ2v) is 6.89. The first-order valence-electron chi connectivity index (χ1n) is 7.44. The van der Waals surface area contributed by atoms with Crippen LogP contribution >= 0.6 is 15.9 Å². The molecule has 0 radical (unpaired) electrons. The van der Waals surface area contributed by atoms with Crippen molar-refractivity contribution in [1.29, 1.82) is 0 Å². The van der Waals surface area contributed by atoms with E-state index in [1.165, 1.54) is 40.4 Å². The highest BCUT2D eigenvalue weighted by Crippen LogP contribution is 2.45. The second-order valence-electron chi connectivity index (χ2n) is 6.10. The van der Waals surface area contributed by atoms with Crippen LogP contribution in [0.25, 0.3) is 0 Å². The Labute approximate surface area is 129 Å². The molecule has 1 aromatic rings. The lowest BCUT2D eigenvalue weighted by Crippen LogP contribution is -2.21. The predicted molar refractivity (Wildman–Crippen MR) is 85.3 cm³/mol. The van der Waals surface area contributed by atoms with Gasteiger partial charge < -0.3 is 10.5 Å². The number of benzene rings is 1. The van der Waals surface area contributed by atoms with Crippen molar-refractivity contribution in [3.05, 3.63) is 27.2 Å². The van der Waals surface area contributed by atoms with E-state index in [4.69, 9.17) is 10.5 Å². The van der Waals surface area contributed by atoms with Crippen molar-refractivity contribution in [3.63, 3.8) is 0 Å². The van der Waals surface area contributed by atoms with Gasteiger partial charge in [0.25, 0.3) is 0 Å². The molecule has 110 valence electrons. The number of hydrogen-bond donors (Lipinski definition) is 1. The lowest BCUT2D eigenvalue weighted by atomic mass is 9.95. The molecule has 3 rings (SSSR count). The lowest BCUT2D eigenvalue weighted by Gasteiger charge is -2.24. The first-order chi connectivity index (χ1) is 9.65. The summed E-state index contributed by atoms with van der Waals surface area (Å²) < 4.78 is 6.90. The minimum atomic E-state index is 0.431. The fourth-order valence-corrected chi connectivity index (χ4v) is 4.63. The number of ether oxygens (including phenoxy) is 1. The highest BCUT2D eigenvalue weighted by molar-refractivity contribution is 9.10. The number of aryl methyl sites for hydroxylation is 1. The largest absolute Gasteiger partial charge is 0.495 e. The summed E-state index contributed by atoms with van der Waals surface area (Å²) in [6.07, 6.45) is 4.75. The highest BCUT2D eigenvalue weighted by atomic mass is 79.9. The molecule has 0 bridgehead atoms. The van der Waals surface area contributed by atoms with Crippen LogP contribution in [0, 0.1) is 5.92 Å². The van der Waals surface area contributed by atoms with Crippen molar-refractivity contribution in [2.45, 2.75) is 31.7 Å². The van der Waals surface area contributed by atoms with E-state index < -0.39 is 0 Å². The van der Waals surface area contributed by atoms with Gasteiger partial charge in [0.1, 0.15) is 5.75 Å². The molecule has 3 nitrogen and oxygen atoms in total. The molecule has 1 aliphatic heterocycles.